The summed E-state index contributed by atoms with van der Waals surface area (Å²) in [6.45, 7) is 1.76. The van der Waals surface area contributed by atoms with E-state index in [1.165, 1.54) is 13.3 Å². The standard InChI is InChI=1S/C11H13N3O2/c1-16-11(15)10-7-13-6-9(14-10)8-2-4-12-5-3-8/h2,6-7,12H,3-5H2,1H3. The maximum absolute atomic E-state index is 11.3. The van der Waals surface area contributed by atoms with Crippen molar-refractivity contribution in [3.05, 3.63) is 29.9 Å². The van der Waals surface area contributed by atoms with Crippen molar-refractivity contribution >= 4 is 11.5 Å². The lowest BCUT2D eigenvalue weighted by Gasteiger charge is -2.13. The van der Waals surface area contributed by atoms with Gasteiger partial charge in [-0.1, -0.05) is 6.08 Å². The molecule has 0 spiro atoms. The van der Waals surface area contributed by atoms with Gasteiger partial charge < -0.3 is 10.1 Å². The first-order valence-corrected chi connectivity index (χ1v) is 5.12. The topological polar surface area (TPSA) is 64.1 Å². The highest BCUT2D eigenvalue weighted by Gasteiger charge is 2.12. The highest BCUT2D eigenvalue weighted by Crippen LogP contribution is 2.16. The van der Waals surface area contributed by atoms with E-state index < -0.39 is 5.97 Å². The van der Waals surface area contributed by atoms with Gasteiger partial charge in [0.2, 0.25) is 0 Å². The van der Waals surface area contributed by atoms with Gasteiger partial charge >= 0.3 is 5.97 Å². The van der Waals surface area contributed by atoms with Crippen LogP contribution in [0.25, 0.3) is 5.57 Å². The number of rotatable bonds is 2. The van der Waals surface area contributed by atoms with E-state index in [4.69, 9.17) is 0 Å². The fourth-order valence-electron chi connectivity index (χ4n) is 1.58. The Kier molecular flexibility index (Phi) is 3.26. The Morgan fingerprint density at radius 3 is 3.06 bits per heavy atom. The molecule has 1 aromatic heterocycles. The van der Waals surface area contributed by atoms with Crippen molar-refractivity contribution in [1.29, 1.82) is 0 Å². The van der Waals surface area contributed by atoms with Crippen LogP contribution in [0.4, 0.5) is 0 Å². The number of nitrogens with zero attached hydrogens (tertiary/aromatic N) is 2. The average Bonchev–Trinajstić information content (AvgIpc) is 2.39. The summed E-state index contributed by atoms with van der Waals surface area (Å²) in [5.74, 6) is -0.455. The number of methoxy groups -OCH3 is 1. The van der Waals surface area contributed by atoms with Crippen molar-refractivity contribution in [2.24, 2.45) is 0 Å². The highest BCUT2D eigenvalue weighted by molar-refractivity contribution is 5.87. The van der Waals surface area contributed by atoms with Crippen LogP contribution in [-0.2, 0) is 4.74 Å². The highest BCUT2D eigenvalue weighted by atomic mass is 16.5. The minimum atomic E-state index is -0.455. The van der Waals surface area contributed by atoms with Crippen molar-refractivity contribution in [3.8, 4) is 0 Å². The molecule has 1 aliphatic rings. The molecular weight excluding hydrogens is 206 g/mol. The predicted molar refractivity (Wildman–Crippen MR) is 58.8 cm³/mol. The van der Waals surface area contributed by atoms with Crippen LogP contribution in [0.1, 0.15) is 22.6 Å². The molecule has 0 atom stereocenters. The Morgan fingerprint density at radius 2 is 2.38 bits per heavy atom. The smallest absolute Gasteiger partial charge is 0.358 e. The molecular formula is C11H13N3O2. The normalized spacial score (nSPS) is 15.4. The lowest BCUT2D eigenvalue weighted by Crippen LogP contribution is -2.20. The van der Waals surface area contributed by atoms with Crippen molar-refractivity contribution in [1.82, 2.24) is 15.3 Å². The molecule has 0 fully saturated rings. The van der Waals surface area contributed by atoms with E-state index in [2.05, 4.69) is 26.1 Å². The molecule has 0 aliphatic carbocycles. The van der Waals surface area contributed by atoms with E-state index >= 15 is 0 Å². The Balaban J connectivity index is 2.28. The summed E-state index contributed by atoms with van der Waals surface area (Å²) >= 11 is 0. The first-order chi connectivity index (χ1) is 7.81. The third kappa shape index (κ3) is 2.25. The molecule has 5 nitrogen and oxygen atoms in total. The number of aromatic nitrogens is 2. The minimum absolute atomic E-state index is 0.249. The zero-order valence-electron chi connectivity index (χ0n) is 9.06. The van der Waals surface area contributed by atoms with Gasteiger partial charge in [-0.05, 0) is 18.5 Å². The van der Waals surface area contributed by atoms with E-state index in [-0.39, 0.29) is 5.69 Å². The number of carbonyl (C=O) groups excluding carboxylic acids is 1. The molecule has 2 heterocycles. The van der Waals surface area contributed by atoms with Crippen molar-refractivity contribution in [2.45, 2.75) is 6.42 Å². The molecule has 0 aromatic carbocycles. The third-order valence-electron chi connectivity index (χ3n) is 2.42. The summed E-state index contributed by atoms with van der Waals surface area (Å²) in [4.78, 5) is 19.5. The Hall–Kier alpha value is -1.75. The zero-order chi connectivity index (χ0) is 11.4. The maximum Gasteiger partial charge on any atom is 0.358 e. The molecule has 2 rings (SSSR count). The summed E-state index contributed by atoms with van der Waals surface area (Å²) < 4.78 is 4.61. The quantitative estimate of drug-likeness (QED) is 0.739. The van der Waals surface area contributed by atoms with Crippen LogP contribution in [0.15, 0.2) is 18.5 Å². The van der Waals surface area contributed by atoms with Crippen LogP contribution in [0.3, 0.4) is 0 Å². The fraction of sp³-hybridized carbons (Fsp3) is 0.364. The Labute approximate surface area is 93.6 Å². The SMILES string of the molecule is COC(=O)c1cncc(C2=CCNCC2)n1. The number of hydrogen-bond acceptors (Lipinski definition) is 5. The molecule has 1 N–H and O–H groups in total. The summed E-state index contributed by atoms with van der Waals surface area (Å²) in [6.07, 6.45) is 6.05. The number of esters is 1. The molecule has 1 aliphatic heterocycles. The Bertz CT molecular complexity index is 429. The van der Waals surface area contributed by atoms with Gasteiger partial charge in [0.15, 0.2) is 5.69 Å². The lowest BCUT2D eigenvalue weighted by molar-refractivity contribution is 0.0593. The molecule has 0 unspecified atom stereocenters. The minimum Gasteiger partial charge on any atom is -0.464 e. The Morgan fingerprint density at radius 1 is 1.50 bits per heavy atom. The predicted octanol–water partition coefficient (Wildman–Crippen LogP) is 0.640. The number of hydrogen-bond donors (Lipinski definition) is 1. The van der Waals surface area contributed by atoms with E-state index in [1.807, 2.05) is 0 Å². The van der Waals surface area contributed by atoms with Crippen LogP contribution in [0.5, 0.6) is 0 Å². The van der Waals surface area contributed by atoms with Gasteiger partial charge in [-0.2, -0.15) is 0 Å². The first-order valence-electron chi connectivity index (χ1n) is 5.12. The van der Waals surface area contributed by atoms with Crippen molar-refractivity contribution < 1.29 is 9.53 Å². The molecule has 1 aromatic rings. The molecule has 0 bridgehead atoms. The number of carbonyl (C=O) groups is 1. The van der Waals surface area contributed by atoms with Gasteiger partial charge in [0, 0.05) is 6.54 Å². The van der Waals surface area contributed by atoms with Crippen LogP contribution in [-0.4, -0.2) is 36.1 Å². The van der Waals surface area contributed by atoms with Gasteiger partial charge in [-0.15, -0.1) is 0 Å². The molecule has 84 valence electrons. The van der Waals surface area contributed by atoms with Crippen LogP contribution in [0.2, 0.25) is 0 Å². The second kappa shape index (κ2) is 4.85. The van der Waals surface area contributed by atoms with Gasteiger partial charge in [0.05, 0.1) is 25.2 Å². The van der Waals surface area contributed by atoms with Gasteiger partial charge in [-0.25, -0.2) is 9.78 Å². The largest absolute Gasteiger partial charge is 0.464 e. The van der Waals surface area contributed by atoms with Crippen LogP contribution >= 0.6 is 0 Å². The molecule has 0 radical (unpaired) electrons. The summed E-state index contributed by atoms with van der Waals surface area (Å²) in [6, 6.07) is 0. The molecule has 5 heteroatoms. The second-order valence-electron chi connectivity index (χ2n) is 3.46. The fourth-order valence-corrected chi connectivity index (χ4v) is 1.58. The first kappa shape index (κ1) is 10.8. The monoisotopic (exact) mass is 219 g/mol. The summed E-state index contributed by atoms with van der Waals surface area (Å²) in [5.41, 5.74) is 2.13. The lowest BCUT2D eigenvalue weighted by atomic mass is 10.1. The number of nitrogens with one attached hydrogen (secondary N) is 1. The molecule has 0 saturated carbocycles. The second-order valence-corrected chi connectivity index (χ2v) is 3.46. The summed E-state index contributed by atoms with van der Waals surface area (Å²) in [5, 5.41) is 3.22. The van der Waals surface area contributed by atoms with Gasteiger partial charge in [0.25, 0.3) is 0 Å². The van der Waals surface area contributed by atoms with E-state index in [0.717, 1.165) is 30.8 Å². The number of ether oxygens (including phenoxy) is 1. The average molecular weight is 219 g/mol. The zero-order valence-corrected chi connectivity index (χ0v) is 9.06. The van der Waals surface area contributed by atoms with Crippen molar-refractivity contribution in [2.75, 3.05) is 20.2 Å². The molecule has 0 amide bonds. The van der Waals surface area contributed by atoms with Gasteiger partial charge in [0.1, 0.15) is 0 Å². The summed E-state index contributed by atoms with van der Waals surface area (Å²) in [7, 11) is 1.33. The van der Waals surface area contributed by atoms with Gasteiger partial charge in [-0.3, -0.25) is 4.98 Å². The van der Waals surface area contributed by atoms with E-state index in [1.54, 1.807) is 6.20 Å². The van der Waals surface area contributed by atoms with Crippen LogP contribution < -0.4 is 5.32 Å². The van der Waals surface area contributed by atoms with Crippen molar-refractivity contribution in [3.63, 3.8) is 0 Å². The van der Waals surface area contributed by atoms with E-state index in [9.17, 15) is 4.79 Å². The maximum atomic E-state index is 11.3. The molecule has 0 saturated heterocycles. The van der Waals surface area contributed by atoms with E-state index in [0.29, 0.717) is 0 Å². The third-order valence-corrected chi connectivity index (χ3v) is 2.42. The van der Waals surface area contributed by atoms with Crippen LogP contribution in [0, 0.1) is 0 Å². The molecule has 16 heavy (non-hydrogen) atoms.